The third-order valence-corrected chi connectivity index (χ3v) is 4.81. The minimum absolute atomic E-state index is 0.0134. The molecule has 26 heavy (non-hydrogen) atoms. The number of rotatable bonds is 2. The zero-order valence-electron chi connectivity index (χ0n) is 14.8. The number of pyridine rings is 1. The number of aryl methyl sites for hydroxylation is 1. The fourth-order valence-electron chi connectivity index (χ4n) is 3.55. The molecule has 0 bridgehead atoms. The molecule has 6 nitrogen and oxygen atoms in total. The Labute approximate surface area is 151 Å². The number of benzene rings is 1. The molecule has 1 aliphatic heterocycles. The Bertz CT molecular complexity index is 1020. The molecule has 0 aliphatic carbocycles. The van der Waals surface area contributed by atoms with Gasteiger partial charge < -0.3 is 14.8 Å². The Hall–Kier alpha value is -3.15. The van der Waals surface area contributed by atoms with Crippen molar-refractivity contribution in [3.8, 4) is 0 Å². The van der Waals surface area contributed by atoms with Crippen LogP contribution in [0.1, 0.15) is 28.5 Å². The second-order valence-corrected chi connectivity index (χ2v) is 6.61. The van der Waals surface area contributed by atoms with Crippen molar-refractivity contribution < 1.29 is 9.59 Å². The van der Waals surface area contributed by atoms with Gasteiger partial charge in [-0.15, -0.1) is 0 Å². The molecule has 1 aliphatic rings. The topological polar surface area (TPSA) is 67.2 Å². The number of aromatic nitrogens is 2. The zero-order chi connectivity index (χ0) is 18.3. The molecule has 1 N–H and O–H groups in total. The van der Waals surface area contributed by atoms with Gasteiger partial charge in [0.1, 0.15) is 5.65 Å². The van der Waals surface area contributed by atoms with Crippen molar-refractivity contribution in [2.45, 2.75) is 26.9 Å². The molecule has 3 heterocycles. The van der Waals surface area contributed by atoms with Crippen molar-refractivity contribution in [1.29, 1.82) is 0 Å². The summed E-state index contributed by atoms with van der Waals surface area (Å²) in [5.41, 5.74) is 4.06. The molecule has 0 saturated heterocycles. The minimum Gasteiger partial charge on any atom is -0.335 e. The number of nitrogens with one attached hydrogen (secondary N) is 1. The van der Waals surface area contributed by atoms with Gasteiger partial charge in [-0.05, 0) is 36.8 Å². The molecule has 0 saturated carbocycles. The van der Waals surface area contributed by atoms with Gasteiger partial charge in [-0.3, -0.25) is 9.59 Å². The Kier molecular flexibility index (Phi) is 3.95. The van der Waals surface area contributed by atoms with Gasteiger partial charge >= 0.3 is 0 Å². The quantitative estimate of drug-likeness (QED) is 0.774. The molecule has 0 radical (unpaired) electrons. The molecule has 3 aromatic rings. The summed E-state index contributed by atoms with van der Waals surface area (Å²) in [6.07, 6.45) is 1.73. The lowest BCUT2D eigenvalue weighted by Gasteiger charge is -2.28. The second-order valence-electron chi connectivity index (χ2n) is 6.61. The van der Waals surface area contributed by atoms with Crippen molar-refractivity contribution >= 4 is 28.5 Å². The van der Waals surface area contributed by atoms with Gasteiger partial charge in [0.05, 0.1) is 17.8 Å². The minimum atomic E-state index is -0.173. The molecule has 0 fully saturated rings. The Balaban J connectivity index is 1.80. The summed E-state index contributed by atoms with van der Waals surface area (Å²) in [5.74, 6) is -0.160. The van der Waals surface area contributed by atoms with E-state index >= 15 is 0 Å². The van der Waals surface area contributed by atoms with Crippen LogP contribution in [0.4, 0.5) is 5.69 Å². The maximum Gasteiger partial charge on any atom is 0.258 e. The van der Waals surface area contributed by atoms with Gasteiger partial charge in [0, 0.05) is 37.3 Å². The highest BCUT2D eigenvalue weighted by atomic mass is 16.2. The van der Waals surface area contributed by atoms with Crippen LogP contribution in [0, 0.1) is 6.92 Å². The van der Waals surface area contributed by atoms with Crippen molar-refractivity contribution in [3.63, 3.8) is 0 Å². The van der Waals surface area contributed by atoms with E-state index in [1.165, 1.54) is 0 Å². The first-order chi connectivity index (χ1) is 12.5. The Morgan fingerprint density at radius 3 is 2.77 bits per heavy atom. The normalized spacial score (nSPS) is 13.5. The van der Waals surface area contributed by atoms with E-state index in [9.17, 15) is 9.59 Å². The van der Waals surface area contributed by atoms with Crippen molar-refractivity contribution in [2.24, 2.45) is 0 Å². The monoisotopic (exact) mass is 348 g/mol. The average molecular weight is 348 g/mol. The number of anilines is 1. The number of amides is 2. The summed E-state index contributed by atoms with van der Waals surface area (Å²) in [7, 11) is 0. The highest BCUT2D eigenvalue weighted by Gasteiger charge is 2.28. The van der Waals surface area contributed by atoms with E-state index in [4.69, 9.17) is 0 Å². The van der Waals surface area contributed by atoms with E-state index in [1.807, 2.05) is 43.3 Å². The summed E-state index contributed by atoms with van der Waals surface area (Å²) >= 11 is 0. The molecule has 132 valence electrons. The van der Waals surface area contributed by atoms with E-state index in [-0.39, 0.29) is 11.8 Å². The molecule has 2 amide bonds. The molecule has 0 spiro atoms. The van der Waals surface area contributed by atoms with Crippen molar-refractivity contribution in [2.75, 3.05) is 11.9 Å². The van der Waals surface area contributed by atoms with Gasteiger partial charge in [0.25, 0.3) is 5.91 Å². The number of carbonyl (C=O) groups excluding carboxylic acids is 2. The zero-order valence-corrected chi connectivity index (χ0v) is 14.8. The number of carbonyl (C=O) groups is 2. The van der Waals surface area contributed by atoms with Crippen molar-refractivity contribution in [3.05, 3.63) is 59.4 Å². The van der Waals surface area contributed by atoms with Crippen LogP contribution in [0.2, 0.25) is 0 Å². The van der Waals surface area contributed by atoms with Crippen LogP contribution < -0.4 is 5.32 Å². The fourth-order valence-corrected chi connectivity index (χ4v) is 3.55. The fraction of sp³-hybridized carbons (Fsp3) is 0.250. The molecular formula is C20H20N4O2. The summed E-state index contributed by atoms with van der Waals surface area (Å²) in [6.45, 7) is 5.23. The first-order valence-electron chi connectivity index (χ1n) is 8.64. The van der Waals surface area contributed by atoms with Crippen molar-refractivity contribution in [1.82, 2.24) is 14.5 Å². The molecule has 2 aromatic heterocycles. The van der Waals surface area contributed by atoms with Crippen LogP contribution in [-0.4, -0.2) is 32.8 Å². The number of hydrogen-bond acceptors (Lipinski definition) is 3. The first kappa shape index (κ1) is 16.3. The smallest absolute Gasteiger partial charge is 0.258 e. The third-order valence-electron chi connectivity index (χ3n) is 4.81. The van der Waals surface area contributed by atoms with E-state index in [1.54, 1.807) is 18.0 Å². The van der Waals surface area contributed by atoms with E-state index in [0.717, 1.165) is 28.0 Å². The molecule has 1 aromatic carbocycles. The lowest BCUT2D eigenvalue weighted by atomic mass is 10.1. The van der Waals surface area contributed by atoms with Gasteiger partial charge in [-0.25, -0.2) is 4.98 Å². The van der Waals surface area contributed by atoms with E-state index in [2.05, 4.69) is 14.9 Å². The van der Waals surface area contributed by atoms with Crippen LogP contribution in [-0.2, 0) is 17.9 Å². The van der Waals surface area contributed by atoms with E-state index < -0.39 is 0 Å². The average Bonchev–Trinajstić information content (AvgIpc) is 2.95. The highest BCUT2D eigenvalue weighted by Crippen LogP contribution is 2.29. The van der Waals surface area contributed by atoms with Crippen LogP contribution in [0.15, 0.2) is 42.6 Å². The van der Waals surface area contributed by atoms with Gasteiger partial charge in [0.2, 0.25) is 5.91 Å². The Morgan fingerprint density at radius 1 is 1.15 bits per heavy atom. The summed E-state index contributed by atoms with van der Waals surface area (Å²) in [4.78, 5) is 31.2. The Morgan fingerprint density at radius 2 is 2.00 bits per heavy atom. The lowest BCUT2D eigenvalue weighted by molar-refractivity contribution is -0.130. The summed E-state index contributed by atoms with van der Waals surface area (Å²) in [6, 6.07) is 11.5. The lowest BCUT2D eigenvalue weighted by Crippen LogP contribution is -2.37. The van der Waals surface area contributed by atoms with E-state index in [0.29, 0.717) is 25.2 Å². The number of hydrogen-bond donors (Lipinski definition) is 1. The third kappa shape index (κ3) is 2.73. The predicted molar refractivity (Wildman–Crippen MR) is 100.0 cm³/mol. The number of nitrogens with zero attached hydrogens (tertiary/aromatic N) is 3. The standard InChI is InChI=1S/C20H20N4O2/c1-13-5-3-6-15(11-13)22-20(26)18-16-7-4-8-21-19(16)24-10-9-23(14(2)25)12-17(18)24/h3-8,11H,9-10,12H2,1-2H3,(H,22,26). The maximum atomic E-state index is 13.1. The maximum absolute atomic E-state index is 13.1. The first-order valence-corrected chi connectivity index (χ1v) is 8.64. The van der Waals surface area contributed by atoms with Gasteiger partial charge in [0.15, 0.2) is 0 Å². The highest BCUT2D eigenvalue weighted by molar-refractivity contribution is 6.13. The molecule has 6 heteroatoms. The van der Waals surface area contributed by atoms with Gasteiger partial charge in [-0.1, -0.05) is 12.1 Å². The SMILES string of the molecule is CC(=O)N1CCn2c(c(C(=O)Nc3cccc(C)c3)c3cccnc32)C1. The summed E-state index contributed by atoms with van der Waals surface area (Å²) < 4.78 is 2.06. The van der Waals surface area contributed by atoms with Crippen LogP contribution in [0.5, 0.6) is 0 Å². The predicted octanol–water partition coefficient (Wildman–Crippen LogP) is 2.96. The largest absolute Gasteiger partial charge is 0.335 e. The molecule has 0 unspecified atom stereocenters. The molecule has 4 rings (SSSR count). The van der Waals surface area contributed by atoms with Crippen LogP contribution in [0.25, 0.3) is 11.0 Å². The van der Waals surface area contributed by atoms with Crippen LogP contribution >= 0.6 is 0 Å². The second kappa shape index (κ2) is 6.29. The molecular weight excluding hydrogens is 328 g/mol. The van der Waals surface area contributed by atoms with Crippen LogP contribution in [0.3, 0.4) is 0 Å². The molecule has 0 atom stereocenters. The van der Waals surface area contributed by atoms with Gasteiger partial charge in [-0.2, -0.15) is 0 Å². The summed E-state index contributed by atoms with van der Waals surface area (Å²) in [5, 5.41) is 3.81. The number of fused-ring (bicyclic) bond motifs is 3.